The number of halogens is 1. The molecule has 1 aliphatic carbocycles. The van der Waals surface area contributed by atoms with Crippen LogP contribution in [-0.4, -0.2) is 30.6 Å². The molecular weight excluding hydrogens is 273 g/mol. The second kappa shape index (κ2) is 5.97. The first-order valence-electron chi connectivity index (χ1n) is 7.56. The Morgan fingerprint density at radius 3 is 2.57 bits per heavy atom. The summed E-state index contributed by atoms with van der Waals surface area (Å²) in [6.07, 6.45) is 4.67. The lowest BCUT2D eigenvalue weighted by Crippen LogP contribution is -2.43. The van der Waals surface area contributed by atoms with Crippen molar-refractivity contribution in [3.8, 4) is 0 Å². The molecule has 0 amide bonds. The van der Waals surface area contributed by atoms with Crippen molar-refractivity contribution in [2.24, 2.45) is 5.92 Å². The number of hydrogen-bond acceptors (Lipinski definition) is 4. The number of rotatable bonds is 5. The lowest BCUT2D eigenvalue weighted by molar-refractivity contribution is -0.385. The predicted molar refractivity (Wildman–Crippen MR) is 79.0 cm³/mol. The molecule has 1 aromatic carbocycles. The Labute approximate surface area is 123 Å². The maximum absolute atomic E-state index is 14.0. The normalized spacial score (nSPS) is 19.8. The van der Waals surface area contributed by atoms with Gasteiger partial charge in [-0.15, -0.1) is 0 Å². The molecule has 0 aromatic heterocycles. The molecule has 1 heterocycles. The highest BCUT2D eigenvalue weighted by Crippen LogP contribution is 2.29. The number of hydrogen-bond donors (Lipinski definition) is 1. The summed E-state index contributed by atoms with van der Waals surface area (Å²) in [5.41, 5.74) is 0.276. The van der Waals surface area contributed by atoms with Crippen LogP contribution in [0.3, 0.4) is 0 Å². The molecule has 1 saturated carbocycles. The van der Waals surface area contributed by atoms with E-state index in [4.69, 9.17) is 0 Å². The van der Waals surface area contributed by atoms with Gasteiger partial charge in [0.05, 0.1) is 16.7 Å². The molecule has 1 aromatic rings. The van der Waals surface area contributed by atoms with E-state index in [0.29, 0.717) is 11.7 Å². The maximum atomic E-state index is 14.0. The molecular formula is C15H20FN3O2. The minimum Gasteiger partial charge on any atom is -0.369 e. The molecule has 114 valence electrons. The zero-order chi connectivity index (χ0) is 14.8. The molecule has 1 aliphatic heterocycles. The van der Waals surface area contributed by atoms with Crippen LogP contribution in [0.15, 0.2) is 18.2 Å². The van der Waals surface area contributed by atoms with Gasteiger partial charge in [-0.3, -0.25) is 10.1 Å². The highest BCUT2D eigenvalue weighted by molar-refractivity contribution is 5.52. The minimum absolute atomic E-state index is 0.197. The average Bonchev–Trinajstić information content (AvgIpc) is 3.30. The summed E-state index contributed by atoms with van der Waals surface area (Å²) >= 11 is 0. The van der Waals surface area contributed by atoms with Crippen molar-refractivity contribution in [3.05, 3.63) is 34.1 Å². The number of piperidine rings is 1. The van der Waals surface area contributed by atoms with E-state index in [-0.39, 0.29) is 5.69 Å². The van der Waals surface area contributed by atoms with Gasteiger partial charge < -0.3 is 10.2 Å². The van der Waals surface area contributed by atoms with Crippen LogP contribution in [0.5, 0.6) is 0 Å². The van der Waals surface area contributed by atoms with Gasteiger partial charge in [-0.2, -0.15) is 0 Å². The van der Waals surface area contributed by atoms with Gasteiger partial charge in [0.25, 0.3) is 5.69 Å². The van der Waals surface area contributed by atoms with Crippen LogP contribution in [0, 0.1) is 21.8 Å². The lowest BCUT2D eigenvalue weighted by Gasteiger charge is -2.34. The van der Waals surface area contributed by atoms with Crippen LogP contribution in [-0.2, 0) is 0 Å². The van der Waals surface area contributed by atoms with Crippen molar-refractivity contribution in [2.45, 2.75) is 31.7 Å². The summed E-state index contributed by atoms with van der Waals surface area (Å²) in [6.45, 7) is 2.69. The Kier molecular flexibility index (Phi) is 4.05. The number of nitrogens with one attached hydrogen (secondary N) is 1. The van der Waals surface area contributed by atoms with Crippen molar-refractivity contribution >= 4 is 11.4 Å². The third kappa shape index (κ3) is 3.50. The van der Waals surface area contributed by atoms with E-state index in [1.165, 1.54) is 25.0 Å². The lowest BCUT2D eigenvalue weighted by atomic mass is 10.0. The van der Waals surface area contributed by atoms with Crippen molar-refractivity contribution < 1.29 is 9.31 Å². The number of nitro benzene ring substituents is 1. The van der Waals surface area contributed by atoms with E-state index in [2.05, 4.69) is 5.32 Å². The highest BCUT2D eigenvalue weighted by atomic mass is 19.1. The fourth-order valence-corrected chi connectivity index (χ4v) is 2.85. The standard InChI is InChI=1S/C15H20FN3O2/c16-14-9-13(19(20)21)3-4-15(14)18-7-5-12(6-8-18)17-10-11-1-2-11/h3-4,9,11-12,17H,1-2,5-8,10H2. The summed E-state index contributed by atoms with van der Waals surface area (Å²) in [5.74, 6) is 0.365. The number of nitro groups is 1. The first kappa shape index (κ1) is 14.3. The molecule has 1 N–H and O–H groups in total. The Morgan fingerprint density at radius 1 is 1.29 bits per heavy atom. The predicted octanol–water partition coefficient (Wildman–Crippen LogP) is 2.70. The molecule has 0 radical (unpaired) electrons. The van der Waals surface area contributed by atoms with E-state index in [1.807, 2.05) is 4.90 Å². The smallest absolute Gasteiger partial charge is 0.272 e. The van der Waals surface area contributed by atoms with E-state index in [9.17, 15) is 14.5 Å². The molecule has 0 spiro atoms. The van der Waals surface area contributed by atoms with Gasteiger partial charge in [0, 0.05) is 25.2 Å². The molecule has 0 unspecified atom stereocenters. The van der Waals surface area contributed by atoms with Crippen molar-refractivity contribution in [3.63, 3.8) is 0 Å². The molecule has 3 rings (SSSR count). The van der Waals surface area contributed by atoms with Crippen LogP contribution in [0.1, 0.15) is 25.7 Å². The molecule has 2 fully saturated rings. The third-order valence-electron chi connectivity index (χ3n) is 4.37. The summed E-state index contributed by atoms with van der Waals surface area (Å²) in [6, 6.07) is 4.41. The average molecular weight is 293 g/mol. The zero-order valence-corrected chi connectivity index (χ0v) is 11.9. The fraction of sp³-hybridized carbons (Fsp3) is 0.600. The third-order valence-corrected chi connectivity index (χ3v) is 4.37. The van der Waals surface area contributed by atoms with E-state index >= 15 is 0 Å². The molecule has 5 nitrogen and oxygen atoms in total. The number of benzene rings is 1. The molecule has 0 atom stereocenters. The van der Waals surface area contributed by atoms with Gasteiger partial charge in [-0.25, -0.2) is 4.39 Å². The van der Waals surface area contributed by atoms with Crippen molar-refractivity contribution in [1.29, 1.82) is 0 Å². The van der Waals surface area contributed by atoms with Crippen molar-refractivity contribution in [1.82, 2.24) is 5.32 Å². The molecule has 6 heteroatoms. The SMILES string of the molecule is O=[N+]([O-])c1ccc(N2CCC(NCC3CC3)CC2)c(F)c1. The first-order chi connectivity index (χ1) is 10.1. The van der Waals surface area contributed by atoms with E-state index in [0.717, 1.165) is 44.5 Å². The largest absolute Gasteiger partial charge is 0.369 e. The molecule has 21 heavy (non-hydrogen) atoms. The number of non-ortho nitro benzene ring substituents is 1. The van der Waals surface area contributed by atoms with Gasteiger partial charge in [0.1, 0.15) is 0 Å². The summed E-state index contributed by atoms with van der Waals surface area (Å²) in [7, 11) is 0. The molecule has 1 saturated heterocycles. The Morgan fingerprint density at radius 2 is 2.00 bits per heavy atom. The fourth-order valence-electron chi connectivity index (χ4n) is 2.85. The second-order valence-corrected chi connectivity index (χ2v) is 6.01. The van der Waals surface area contributed by atoms with E-state index < -0.39 is 10.7 Å². The Bertz CT molecular complexity index is 526. The summed E-state index contributed by atoms with van der Waals surface area (Å²) < 4.78 is 14.0. The monoisotopic (exact) mass is 293 g/mol. The van der Waals surface area contributed by atoms with Crippen LogP contribution in [0.2, 0.25) is 0 Å². The second-order valence-electron chi connectivity index (χ2n) is 6.01. The number of nitrogens with zero attached hydrogens (tertiary/aromatic N) is 2. The zero-order valence-electron chi connectivity index (χ0n) is 11.9. The quantitative estimate of drug-likeness (QED) is 0.670. The highest BCUT2D eigenvalue weighted by Gasteiger charge is 2.25. The Hall–Kier alpha value is -1.69. The van der Waals surface area contributed by atoms with Gasteiger partial charge in [-0.1, -0.05) is 0 Å². The number of anilines is 1. The minimum atomic E-state index is -0.569. The van der Waals surface area contributed by atoms with E-state index in [1.54, 1.807) is 0 Å². The van der Waals surface area contributed by atoms with Gasteiger partial charge in [0.2, 0.25) is 0 Å². The Balaban J connectivity index is 1.57. The first-order valence-corrected chi connectivity index (χ1v) is 7.56. The summed E-state index contributed by atoms with van der Waals surface area (Å²) in [4.78, 5) is 12.0. The van der Waals surface area contributed by atoms with Crippen molar-refractivity contribution in [2.75, 3.05) is 24.5 Å². The maximum Gasteiger partial charge on any atom is 0.272 e. The van der Waals surface area contributed by atoms with Crippen LogP contribution in [0.4, 0.5) is 15.8 Å². The molecule has 0 bridgehead atoms. The molecule has 2 aliphatic rings. The van der Waals surface area contributed by atoms with Gasteiger partial charge in [0.15, 0.2) is 5.82 Å². The van der Waals surface area contributed by atoms with Crippen LogP contribution >= 0.6 is 0 Å². The van der Waals surface area contributed by atoms with Gasteiger partial charge in [-0.05, 0) is 44.2 Å². The topological polar surface area (TPSA) is 58.4 Å². The summed E-state index contributed by atoms with van der Waals surface area (Å²) in [5, 5.41) is 14.2. The van der Waals surface area contributed by atoms with Gasteiger partial charge >= 0.3 is 0 Å². The van der Waals surface area contributed by atoms with Crippen LogP contribution in [0.25, 0.3) is 0 Å². The van der Waals surface area contributed by atoms with Crippen LogP contribution < -0.4 is 10.2 Å².